The molecule has 1 saturated carbocycles. The molecule has 2 atom stereocenters. The highest BCUT2D eigenvalue weighted by molar-refractivity contribution is 5.73. The first-order valence-electron chi connectivity index (χ1n) is 9.06. The number of nitrogens with one attached hydrogen (secondary N) is 2. The van der Waals surface area contributed by atoms with Crippen LogP contribution in [0.15, 0.2) is 11.0 Å². The fraction of sp³-hybridized carbons (Fsp3) is 0.706. The Morgan fingerprint density at radius 3 is 2.88 bits per heavy atom. The van der Waals surface area contributed by atoms with Crippen molar-refractivity contribution >= 4 is 11.0 Å². The molecule has 7 heteroatoms. The molecule has 0 aliphatic heterocycles. The Balaban J connectivity index is 1.90. The number of aromatic amines is 1. The second kappa shape index (κ2) is 7.44. The van der Waals surface area contributed by atoms with E-state index >= 15 is 0 Å². The molecule has 2 unspecified atom stereocenters. The second-order valence-corrected chi connectivity index (χ2v) is 7.03. The van der Waals surface area contributed by atoms with Gasteiger partial charge in [-0.25, -0.2) is 14.9 Å². The molecule has 3 N–H and O–H groups in total. The van der Waals surface area contributed by atoms with Crippen molar-refractivity contribution in [2.75, 3.05) is 13.6 Å². The van der Waals surface area contributed by atoms with Gasteiger partial charge in [0.15, 0.2) is 5.65 Å². The molecular formula is C17H28N5O2+. The SMILES string of the molecule is CCC(CC[NH+](C)O)n1ncc2c(=O)[nH]c(CC3CCCC3)nc21. The third-order valence-corrected chi connectivity index (χ3v) is 5.13. The molecule has 7 nitrogen and oxygen atoms in total. The molecule has 0 bridgehead atoms. The Morgan fingerprint density at radius 2 is 2.21 bits per heavy atom. The van der Waals surface area contributed by atoms with Gasteiger partial charge >= 0.3 is 0 Å². The third-order valence-electron chi connectivity index (χ3n) is 5.13. The van der Waals surface area contributed by atoms with Crippen LogP contribution in [0.5, 0.6) is 0 Å². The summed E-state index contributed by atoms with van der Waals surface area (Å²) in [6.45, 7) is 2.73. The van der Waals surface area contributed by atoms with Gasteiger partial charge in [0.1, 0.15) is 17.8 Å². The molecule has 0 spiro atoms. The lowest BCUT2D eigenvalue weighted by atomic mass is 10.0. The van der Waals surface area contributed by atoms with Crippen LogP contribution in [0.2, 0.25) is 0 Å². The molecule has 2 heterocycles. The maximum Gasteiger partial charge on any atom is 0.262 e. The first-order chi connectivity index (χ1) is 11.6. The molecule has 0 radical (unpaired) electrons. The fourth-order valence-corrected chi connectivity index (χ4v) is 3.71. The number of quaternary nitrogens is 1. The Morgan fingerprint density at radius 1 is 1.46 bits per heavy atom. The average Bonchev–Trinajstić information content (AvgIpc) is 3.18. The van der Waals surface area contributed by atoms with Crippen molar-refractivity contribution < 1.29 is 10.3 Å². The maximum absolute atomic E-state index is 12.4. The van der Waals surface area contributed by atoms with E-state index in [1.54, 1.807) is 13.2 Å². The van der Waals surface area contributed by atoms with E-state index in [0.717, 1.165) is 25.1 Å². The lowest BCUT2D eigenvalue weighted by molar-refractivity contribution is -1.07. The predicted molar refractivity (Wildman–Crippen MR) is 91.3 cm³/mol. The number of fused-ring (bicyclic) bond motifs is 1. The van der Waals surface area contributed by atoms with Crippen molar-refractivity contribution in [1.82, 2.24) is 19.7 Å². The smallest absolute Gasteiger partial charge is 0.262 e. The van der Waals surface area contributed by atoms with Gasteiger partial charge in [0.05, 0.1) is 19.3 Å². The van der Waals surface area contributed by atoms with Crippen molar-refractivity contribution in [1.29, 1.82) is 0 Å². The van der Waals surface area contributed by atoms with Crippen LogP contribution in [0.1, 0.15) is 57.3 Å². The molecule has 1 aliphatic rings. The first-order valence-corrected chi connectivity index (χ1v) is 9.06. The third kappa shape index (κ3) is 3.67. The van der Waals surface area contributed by atoms with E-state index in [9.17, 15) is 10.0 Å². The number of hydrogen-bond donors (Lipinski definition) is 3. The number of nitrogens with zero attached hydrogens (tertiary/aromatic N) is 3. The van der Waals surface area contributed by atoms with E-state index in [0.29, 0.717) is 28.6 Å². The summed E-state index contributed by atoms with van der Waals surface area (Å²) < 4.78 is 1.87. The van der Waals surface area contributed by atoms with Crippen LogP contribution < -0.4 is 10.6 Å². The van der Waals surface area contributed by atoms with Crippen LogP contribution in [0.25, 0.3) is 11.0 Å². The van der Waals surface area contributed by atoms with Crippen molar-refractivity contribution in [2.45, 2.75) is 57.9 Å². The first kappa shape index (κ1) is 17.1. The molecule has 2 aromatic rings. The number of hydrogen-bond acceptors (Lipinski definition) is 4. The Kier molecular flexibility index (Phi) is 5.30. The standard InChI is InChI=1S/C17H27N5O2/c1-3-13(8-9-21(2)24)22-16-14(11-18-22)17(23)20-15(19-16)10-12-6-4-5-7-12/h11-13,24H,3-10H2,1-2H3,(H,19,20,23)/p+1. The summed E-state index contributed by atoms with van der Waals surface area (Å²) in [5.41, 5.74) is 0.577. The van der Waals surface area contributed by atoms with Crippen LogP contribution in [-0.2, 0) is 6.42 Å². The zero-order chi connectivity index (χ0) is 17.1. The molecular weight excluding hydrogens is 306 g/mol. The molecule has 0 amide bonds. The largest absolute Gasteiger partial charge is 0.310 e. The average molecular weight is 334 g/mol. The summed E-state index contributed by atoms with van der Waals surface area (Å²) in [7, 11) is 1.72. The summed E-state index contributed by atoms with van der Waals surface area (Å²) in [6, 6.07) is 0.137. The summed E-state index contributed by atoms with van der Waals surface area (Å²) >= 11 is 0. The van der Waals surface area contributed by atoms with E-state index < -0.39 is 0 Å². The van der Waals surface area contributed by atoms with E-state index in [1.165, 1.54) is 25.7 Å². The normalized spacial score (nSPS) is 18.3. The van der Waals surface area contributed by atoms with Gasteiger partial charge in [0.25, 0.3) is 5.56 Å². The zero-order valence-electron chi connectivity index (χ0n) is 14.6. The fourth-order valence-electron chi connectivity index (χ4n) is 3.71. The minimum absolute atomic E-state index is 0.0981. The molecule has 2 aromatic heterocycles. The van der Waals surface area contributed by atoms with Gasteiger partial charge in [-0.3, -0.25) is 4.79 Å². The molecule has 0 aromatic carbocycles. The highest BCUT2D eigenvalue weighted by Gasteiger charge is 2.20. The quantitative estimate of drug-likeness (QED) is 0.662. The minimum Gasteiger partial charge on any atom is -0.310 e. The summed E-state index contributed by atoms with van der Waals surface area (Å²) in [5, 5.41) is 14.9. The predicted octanol–water partition coefficient (Wildman–Crippen LogP) is 1.10. The minimum atomic E-state index is -0.0981. The number of hydroxylamine groups is 2. The van der Waals surface area contributed by atoms with Crippen LogP contribution in [0, 0.1) is 5.92 Å². The molecule has 0 saturated heterocycles. The lowest BCUT2D eigenvalue weighted by Crippen LogP contribution is -3.06. The van der Waals surface area contributed by atoms with Gasteiger partial charge in [0.2, 0.25) is 0 Å². The molecule has 1 fully saturated rings. The number of aromatic nitrogens is 4. The van der Waals surface area contributed by atoms with Crippen molar-refractivity contribution in [2.24, 2.45) is 5.92 Å². The molecule has 3 rings (SSSR count). The van der Waals surface area contributed by atoms with Gasteiger partial charge in [-0.15, -0.1) is 0 Å². The zero-order valence-corrected chi connectivity index (χ0v) is 14.6. The van der Waals surface area contributed by atoms with Crippen LogP contribution in [0.3, 0.4) is 0 Å². The van der Waals surface area contributed by atoms with Gasteiger partial charge < -0.3 is 4.98 Å². The highest BCUT2D eigenvalue weighted by Crippen LogP contribution is 2.27. The van der Waals surface area contributed by atoms with Crippen molar-refractivity contribution in [3.05, 3.63) is 22.4 Å². The van der Waals surface area contributed by atoms with Crippen LogP contribution in [-0.4, -0.2) is 38.5 Å². The van der Waals surface area contributed by atoms with Crippen LogP contribution in [0.4, 0.5) is 0 Å². The Bertz CT molecular complexity index is 730. The molecule has 132 valence electrons. The summed E-state index contributed by atoms with van der Waals surface area (Å²) in [5.74, 6) is 1.41. The van der Waals surface area contributed by atoms with Crippen LogP contribution >= 0.6 is 0 Å². The highest BCUT2D eigenvalue weighted by atomic mass is 16.5. The van der Waals surface area contributed by atoms with E-state index in [-0.39, 0.29) is 11.6 Å². The van der Waals surface area contributed by atoms with E-state index in [1.807, 2.05) is 4.68 Å². The Labute approximate surface area is 141 Å². The number of rotatable bonds is 7. The summed E-state index contributed by atoms with van der Waals surface area (Å²) in [4.78, 5) is 20.0. The molecule has 1 aliphatic carbocycles. The van der Waals surface area contributed by atoms with E-state index in [4.69, 9.17) is 4.98 Å². The monoisotopic (exact) mass is 334 g/mol. The second-order valence-electron chi connectivity index (χ2n) is 7.03. The number of H-pyrrole nitrogens is 1. The molecule has 24 heavy (non-hydrogen) atoms. The maximum atomic E-state index is 12.4. The topological polar surface area (TPSA) is 88.2 Å². The summed E-state index contributed by atoms with van der Waals surface area (Å²) in [6.07, 6.45) is 9.15. The van der Waals surface area contributed by atoms with Gasteiger partial charge in [0, 0.05) is 12.8 Å². The lowest BCUT2D eigenvalue weighted by Gasteiger charge is -2.16. The van der Waals surface area contributed by atoms with Gasteiger partial charge in [-0.1, -0.05) is 32.6 Å². The van der Waals surface area contributed by atoms with Gasteiger partial charge in [-0.2, -0.15) is 10.2 Å². The van der Waals surface area contributed by atoms with Crippen molar-refractivity contribution in [3.63, 3.8) is 0 Å². The Hall–Kier alpha value is -1.73. The van der Waals surface area contributed by atoms with Crippen molar-refractivity contribution in [3.8, 4) is 0 Å². The van der Waals surface area contributed by atoms with Gasteiger partial charge in [-0.05, 0) is 12.3 Å². The van der Waals surface area contributed by atoms with E-state index in [2.05, 4.69) is 17.0 Å².